The van der Waals surface area contributed by atoms with Crippen molar-refractivity contribution in [2.75, 3.05) is 13.7 Å². The molecule has 0 radical (unpaired) electrons. The van der Waals surface area contributed by atoms with Crippen LogP contribution in [0.4, 0.5) is 0 Å². The largest absolute Gasteiger partial charge is 0.467 e. The molecule has 2 aliphatic heterocycles. The van der Waals surface area contributed by atoms with Gasteiger partial charge in [0, 0.05) is 6.20 Å². The molecule has 1 saturated heterocycles. The molecule has 0 bridgehead atoms. The molecular formula is C13H17NO9. The minimum Gasteiger partial charge on any atom is -0.467 e. The molecule has 1 fully saturated rings. The Morgan fingerprint density at radius 1 is 1.43 bits per heavy atom. The number of methoxy groups -OCH3 is 1. The van der Waals surface area contributed by atoms with Gasteiger partial charge in [0.25, 0.3) is 0 Å². The Hall–Kier alpha value is -1.85. The summed E-state index contributed by atoms with van der Waals surface area (Å²) in [6.07, 6.45) is -7.08. The van der Waals surface area contributed by atoms with E-state index in [9.17, 15) is 29.7 Å². The number of carbonyl (C=O) groups excluding carboxylic acids is 3. The second kappa shape index (κ2) is 6.72. The first-order valence-electron chi connectivity index (χ1n) is 6.76. The van der Waals surface area contributed by atoms with Crippen molar-refractivity contribution in [2.24, 2.45) is 0 Å². The van der Waals surface area contributed by atoms with Gasteiger partial charge in [-0.05, 0) is 0 Å². The third-order valence-corrected chi connectivity index (χ3v) is 3.71. The van der Waals surface area contributed by atoms with Crippen molar-refractivity contribution in [1.29, 1.82) is 0 Å². The Morgan fingerprint density at radius 3 is 2.61 bits per heavy atom. The summed E-state index contributed by atoms with van der Waals surface area (Å²) in [7, 11) is 1.02. The van der Waals surface area contributed by atoms with Gasteiger partial charge in [-0.15, -0.1) is 0 Å². The van der Waals surface area contributed by atoms with Crippen LogP contribution in [0, 0.1) is 0 Å². The number of ether oxygens (including phenoxy) is 2. The predicted octanol–water partition coefficient (Wildman–Crippen LogP) is -3.36. The van der Waals surface area contributed by atoms with Gasteiger partial charge in [0.15, 0.2) is 18.1 Å². The van der Waals surface area contributed by atoms with Gasteiger partial charge < -0.3 is 29.9 Å². The highest BCUT2D eigenvalue weighted by molar-refractivity contribution is 6.12. The molecule has 0 aromatic rings. The van der Waals surface area contributed by atoms with Crippen LogP contribution in [-0.4, -0.2) is 87.3 Å². The number of rotatable bonds is 4. The Bertz CT molecular complexity index is 546. The van der Waals surface area contributed by atoms with Crippen LogP contribution in [0.25, 0.3) is 0 Å². The van der Waals surface area contributed by atoms with Crippen LogP contribution in [0.15, 0.2) is 11.8 Å². The molecule has 0 aliphatic carbocycles. The fourth-order valence-electron chi connectivity index (χ4n) is 2.41. The first kappa shape index (κ1) is 17.5. The van der Waals surface area contributed by atoms with Crippen LogP contribution in [0.5, 0.6) is 0 Å². The van der Waals surface area contributed by atoms with Crippen molar-refractivity contribution in [3.05, 3.63) is 11.8 Å². The molecule has 0 aromatic carbocycles. The molecule has 128 valence electrons. The van der Waals surface area contributed by atoms with Crippen molar-refractivity contribution in [2.45, 2.75) is 37.1 Å². The number of hydrogen-bond acceptors (Lipinski definition) is 9. The number of carbonyl (C=O) groups is 3. The summed E-state index contributed by atoms with van der Waals surface area (Å²) in [5, 5.41) is 38.5. The molecule has 2 heterocycles. The summed E-state index contributed by atoms with van der Waals surface area (Å²) in [6, 6.07) is 0. The molecule has 2 rings (SSSR count). The highest BCUT2D eigenvalue weighted by atomic mass is 16.6. The minimum absolute atomic E-state index is 0.394. The summed E-state index contributed by atoms with van der Waals surface area (Å²) < 4.78 is 9.53. The summed E-state index contributed by atoms with van der Waals surface area (Å²) >= 11 is 0. The maximum atomic E-state index is 12.0. The standard InChI is InChI=1S/C13H17NO9/c1-22-13(21)9(18)5-3-14(8(17)2-6(5)16)12-11(20)10(19)7(4-15)23-12/h3,7,9-12,15,18-20H,2,4H2,1H3/t7-,9+,10?,11+,12-/m1/s1. The van der Waals surface area contributed by atoms with Gasteiger partial charge in [0.2, 0.25) is 5.91 Å². The Morgan fingerprint density at radius 2 is 2.09 bits per heavy atom. The average molecular weight is 331 g/mol. The van der Waals surface area contributed by atoms with Gasteiger partial charge in [-0.2, -0.15) is 0 Å². The lowest BCUT2D eigenvalue weighted by Crippen LogP contribution is -2.48. The molecule has 2 aliphatic rings. The molecule has 4 N–H and O–H groups in total. The molecule has 23 heavy (non-hydrogen) atoms. The van der Waals surface area contributed by atoms with Crippen LogP contribution >= 0.6 is 0 Å². The second-order valence-electron chi connectivity index (χ2n) is 5.14. The van der Waals surface area contributed by atoms with E-state index in [0.29, 0.717) is 0 Å². The normalized spacial score (nSPS) is 32.7. The maximum absolute atomic E-state index is 12.0. The first-order chi connectivity index (χ1) is 10.8. The van der Waals surface area contributed by atoms with Crippen LogP contribution in [0.2, 0.25) is 0 Å². The molecule has 5 atom stereocenters. The van der Waals surface area contributed by atoms with Crippen LogP contribution in [-0.2, 0) is 23.9 Å². The Kier molecular flexibility index (Phi) is 5.12. The van der Waals surface area contributed by atoms with Crippen LogP contribution < -0.4 is 0 Å². The van der Waals surface area contributed by atoms with E-state index in [4.69, 9.17) is 9.84 Å². The fourth-order valence-corrected chi connectivity index (χ4v) is 2.41. The van der Waals surface area contributed by atoms with Crippen molar-refractivity contribution in [3.63, 3.8) is 0 Å². The minimum atomic E-state index is -1.89. The Balaban J connectivity index is 2.30. The number of ketones is 1. The van der Waals surface area contributed by atoms with Gasteiger partial charge >= 0.3 is 5.97 Å². The zero-order valence-electron chi connectivity index (χ0n) is 12.2. The van der Waals surface area contributed by atoms with E-state index in [-0.39, 0.29) is 0 Å². The SMILES string of the molecule is COC(=O)[C@@H](O)C1=CN([C@@H]2O[C@H](CO)C(O)[C@@H]2O)C(=O)CC1=O. The summed E-state index contributed by atoms with van der Waals surface area (Å²) in [6.45, 7) is -0.586. The van der Waals surface area contributed by atoms with Gasteiger partial charge in [-0.1, -0.05) is 0 Å². The number of hydrogen-bond donors (Lipinski definition) is 4. The zero-order chi connectivity index (χ0) is 17.3. The van der Waals surface area contributed by atoms with Crippen molar-refractivity contribution in [1.82, 2.24) is 4.90 Å². The van der Waals surface area contributed by atoms with Gasteiger partial charge in [-0.25, -0.2) is 4.79 Å². The van der Waals surface area contributed by atoms with E-state index in [2.05, 4.69) is 4.74 Å². The number of esters is 1. The van der Waals surface area contributed by atoms with E-state index in [1.165, 1.54) is 0 Å². The third-order valence-electron chi connectivity index (χ3n) is 3.71. The highest BCUT2D eigenvalue weighted by Gasteiger charge is 2.48. The number of aliphatic hydroxyl groups is 4. The van der Waals surface area contributed by atoms with Gasteiger partial charge in [-0.3, -0.25) is 14.5 Å². The quantitative estimate of drug-likeness (QED) is 0.305. The monoisotopic (exact) mass is 331 g/mol. The van der Waals surface area contributed by atoms with E-state index in [1.54, 1.807) is 0 Å². The zero-order valence-corrected chi connectivity index (χ0v) is 12.2. The summed E-state index contributed by atoms with van der Waals surface area (Å²) in [4.78, 5) is 36.0. The molecule has 0 aromatic heterocycles. The van der Waals surface area contributed by atoms with Crippen LogP contribution in [0.3, 0.4) is 0 Å². The molecule has 10 heteroatoms. The lowest BCUT2D eigenvalue weighted by molar-refractivity contribution is -0.153. The van der Waals surface area contributed by atoms with Crippen LogP contribution in [0.1, 0.15) is 6.42 Å². The van der Waals surface area contributed by atoms with Gasteiger partial charge in [0.1, 0.15) is 18.3 Å². The van der Waals surface area contributed by atoms with E-state index >= 15 is 0 Å². The third kappa shape index (κ3) is 3.12. The topological polar surface area (TPSA) is 154 Å². The number of nitrogens with zero attached hydrogens (tertiary/aromatic N) is 1. The average Bonchev–Trinajstić information content (AvgIpc) is 2.81. The highest BCUT2D eigenvalue weighted by Crippen LogP contribution is 2.28. The van der Waals surface area contributed by atoms with Gasteiger partial charge in [0.05, 0.1) is 25.7 Å². The first-order valence-corrected chi connectivity index (χ1v) is 6.76. The maximum Gasteiger partial charge on any atom is 0.339 e. The number of aliphatic hydroxyl groups excluding tert-OH is 4. The molecule has 0 spiro atoms. The van der Waals surface area contributed by atoms with E-state index in [1.807, 2.05) is 0 Å². The number of amides is 1. The summed E-state index contributed by atoms with van der Waals surface area (Å²) in [5.41, 5.74) is -0.394. The van der Waals surface area contributed by atoms with E-state index < -0.39 is 66.9 Å². The molecular weight excluding hydrogens is 314 g/mol. The molecule has 10 nitrogen and oxygen atoms in total. The smallest absolute Gasteiger partial charge is 0.339 e. The Labute approximate surface area is 130 Å². The molecule has 0 saturated carbocycles. The lowest BCUT2D eigenvalue weighted by Gasteiger charge is -2.31. The predicted molar refractivity (Wildman–Crippen MR) is 70.3 cm³/mol. The van der Waals surface area contributed by atoms with Crippen molar-refractivity contribution < 1.29 is 44.3 Å². The lowest BCUT2D eigenvalue weighted by atomic mass is 9.99. The number of Topliss-reactive ketones (excluding diaryl/α,β-unsaturated/α-hetero) is 1. The summed E-state index contributed by atoms with van der Waals surface area (Å²) in [5.74, 6) is -2.60. The van der Waals surface area contributed by atoms with Crippen molar-refractivity contribution >= 4 is 17.7 Å². The van der Waals surface area contributed by atoms with E-state index in [0.717, 1.165) is 18.2 Å². The molecule has 1 amide bonds. The fraction of sp³-hybridized carbons (Fsp3) is 0.615. The van der Waals surface area contributed by atoms with Crippen molar-refractivity contribution in [3.8, 4) is 0 Å². The second-order valence-corrected chi connectivity index (χ2v) is 5.14. The molecule has 1 unspecified atom stereocenters.